The van der Waals surface area contributed by atoms with Gasteiger partial charge in [-0.1, -0.05) is 29.8 Å². The van der Waals surface area contributed by atoms with Crippen LogP contribution in [0.5, 0.6) is 0 Å². The molecule has 2 N–H and O–H groups in total. The van der Waals surface area contributed by atoms with E-state index in [0.717, 1.165) is 11.3 Å². The first-order valence-electron chi connectivity index (χ1n) is 6.07. The average molecular weight is 278 g/mol. The first kappa shape index (κ1) is 13.6. The van der Waals surface area contributed by atoms with Crippen LogP contribution in [0.1, 0.15) is 40.3 Å². The third-order valence-electron chi connectivity index (χ3n) is 3.07. The third-order valence-corrected chi connectivity index (χ3v) is 3.42. The molecule has 0 radical (unpaired) electrons. The van der Waals surface area contributed by atoms with Gasteiger partial charge in [-0.05, 0) is 32.4 Å². The van der Waals surface area contributed by atoms with Crippen molar-refractivity contribution in [2.24, 2.45) is 0 Å². The third kappa shape index (κ3) is 2.79. The van der Waals surface area contributed by atoms with E-state index in [1.54, 1.807) is 6.92 Å². The van der Waals surface area contributed by atoms with Gasteiger partial charge in [0.05, 0.1) is 17.3 Å². The monoisotopic (exact) mass is 277 g/mol. The molecule has 19 heavy (non-hydrogen) atoms. The van der Waals surface area contributed by atoms with E-state index in [0.29, 0.717) is 16.3 Å². The fourth-order valence-corrected chi connectivity index (χ4v) is 2.36. The number of carbonyl (C=O) groups is 1. The SMILES string of the molecule is Cc1n[nH]c(C)c1C(=O)NC(C)c1ccccc1Cl. The molecule has 1 atom stereocenters. The van der Waals surface area contributed by atoms with Crippen molar-refractivity contribution < 1.29 is 4.79 Å². The lowest BCUT2D eigenvalue weighted by molar-refractivity contribution is 0.0939. The number of nitrogens with one attached hydrogen (secondary N) is 2. The molecule has 1 aromatic heterocycles. The minimum absolute atomic E-state index is 0.142. The van der Waals surface area contributed by atoms with Gasteiger partial charge in [0.1, 0.15) is 0 Å². The first-order valence-corrected chi connectivity index (χ1v) is 6.45. The summed E-state index contributed by atoms with van der Waals surface area (Å²) in [6.07, 6.45) is 0. The lowest BCUT2D eigenvalue weighted by Crippen LogP contribution is -2.27. The van der Waals surface area contributed by atoms with Gasteiger partial charge in [-0.15, -0.1) is 0 Å². The second kappa shape index (κ2) is 5.45. The number of aromatic amines is 1. The maximum absolute atomic E-state index is 12.2. The number of aryl methyl sites for hydroxylation is 2. The van der Waals surface area contributed by atoms with Crippen LogP contribution in [0.4, 0.5) is 0 Å². The molecule has 4 nitrogen and oxygen atoms in total. The lowest BCUT2D eigenvalue weighted by Gasteiger charge is -2.15. The Balaban J connectivity index is 2.18. The molecule has 5 heteroatoms. The first-order chi connectivity index (χ1) is 9.00. The normalized spacial score (nSPS) is 12.2. The number of H-pyrrole nitrogens is 1. The van der Waals surface area contributed by atoms with Gasteiger partial charge in [0.2, 0.25) is 0 Å². The number of carbonyl (C=O) groups excluding carboxylic acids is 1. The second-order valence-corrected chi connectivity index (χ2v) is 4.93. The molecule has 0 saturated carbocycles. The fourth-order valence-electron chi connectivity index (χ4n) is 2.06. The summed E-state index contributed by atoms with van der Waals surface area (Å²) in [4.78, 5) is 12.2. The van der Waals surface area contributed by atoms with E-state index >= 15 is 0 Å². The Morgan fingerprint density at radius 1 is 1.37 bits per heavy atom. The highest BCUT2D eigenvalue weighted by Crippen LogP contribution is 2.22. The summed E-state index contributed by atoms with van der Waals surface area (Å²) in [7, 11) is 0. The van der Waals surface area contributed by atoms with E-state index < -0.39 is 0 Å². The van der Waals surface area contributed by atoms with Gasteiger partial charge in [0, 0.05) is 10.7 Å². The van der Waals surface area contributed by atoms with Crippen molar-refractivity contribution >= 4 is 17.5 Å². The molecule has 2 rings (SSSR count). The number of hydrogen-bond acceptors (Lipinski definition) is 2. The number of rotatable bonds is 3. The standard InChI is InChI=1S/C14H16ClN3O/c1-8(11-6-4-5-7-12(11)15)16-14(19)13-9(2)17-18-10(13)3/h4-8H,1-3H3,(H,16,19)(H,17,18). The van der Waals surface area contributed by atoms with Gasteiger partial charge in [0.15, 0.2) is 0 Å². The van der Waals surface area contributed by atoms with E-state index in [9.17, 15) is 4.79 Å². The van der Waals surface area contributed by atoms with Crippen LogP contribution in [0.25, 0.3) is 0 Å². The van der Waals surface area contributed by atoms with Crippen LogP contribution in [-0.4, -0.2) is 16.1 Å². The maximum atomic E-state index is 12.2. The van der Waals surface area contributed by atoms with Crippen LogP contribution in [0, 0.1) is 13.8 Å². The molecule has 1 amide bonds. The molecule has 100 valence electrons. The van der Waals surface area contributed by atoms with Gasteiger partial charge >= 0.3 is 0 Å². The average Bonchev–Trinajstić information content (AvgIpc) is 2.69. The number of benzene rings is 1. The Labute approximate surface area is 117 Å². The number of amides is 1. The molecule has 0 saturated heterocycles. The van der Waals surface area contributed by atoms with Gasteiger partial charge in [-0.25, -0.2) is 0 Å². The molecular weight excluding hydrogens is 262 g/mol. The fraction of sp³-hybridized carbons (Fsp3) is 0.286. The van der Waals surface area contributed by atoms with Crippen molar-refractivity contribution in [1.29, 1.82) is 0 Å². The van der Waals surface area contributed by atoms with Crippen molar-refractivity contribution in [1.82, 2.24) is 15.5 Å². The number of nitrogens with zero attached hydrogens (tertiary/aromatic N) is 1. The molecule has 2 aromatic rings. The Kier molecular flexibility index (Phi) is 3.90. The van der Waals surface area contributed by atoms with Crippen molar-refractivity contribution in [2.75, 3.05) is 0 Å². The lowest BCUT2D eigenvalue weighted by atomic mass is 10.1. The molecule has 1 aromatic carbocycles. The van der Waals surface area contributed by atoms with Crippen LogP contribution in [0.15, 0.2) is 24.3 Å². The van der Waals surface area contributed by atoms with Gasteiger partial charge < -0.3 is 5.32 Å². The zero-order valence-electron chi connectivity index (χ0n) is 11.1. The van der Waals surface area contributed by atoms with Crippen LogP contribution < -0.4 is 5.32 Å². The van der Waals surface area contributed by atoms with Crippen LogP contribution in [0.3, 0.4) is 0 Å². The molecule has 0 aliphatic heterocycles. The maximum Gasteiger partial charge on any atom is 0.255 e. The summed E-state index contributed by atoms with van der Waals surface area (Å²) >= 11 is 6.12. The summed E-state index contributed by atoms with van der Waals surface area (Å²) in [5, 5.41) is 10.4. The molecule has 0 spiro atoms. The topological polar surface area (TPSA) is 57.8 Å². The highest BCUT2D eigenvalue weighted by Gasteiger charge is 2.18. The Bertz CT molecular complexity index is 587. The highest BCUT2D eigenvalue weighted by atomic mass is 35.5. The Morgan fingerprint density at radius 3 is 2.63 bits per heavy atom. The summed E-state index contributed by atoms with van der Waals surface area (Å²) < 4.78 is 0. The minimum Gasteiger partial charge on any atom is -0.345 e. The Hall–Kier alpha value is -1.81. The van der Waals surface area contributed by atoms with Crippen molar-refractivity contribution in [3.63, 3.8) is 0 Å². The number of aromatic nitrogens is 2. The number of halogens is 1. The van der Waals surface area contributed by atoms with E-state index in [4.69, 9.17) is 11.6 Å². The largest absolute Gasteiger partial charge is 0.345 e. The summed E-state index contributed by atoms with van der Waals surface area (Å²) in [5.74, 6) is -0.142. The number of hydrogen-bond donors (Lipinski definition) is 2. The zero-order valence-corrected chi connectivity index (χ0v) is 11.9. The van der Waals surface area contributed by atoms with E-state index in [1.165, 1.54) is 0 Å². The second-order valence-electron chi connectivity index (χ2n) is 4.53. The Morgan fingerprint density at radius 2 is 2.05 bits per heavy atom. The van der Waals surface area contributed by atoms with Gasteiger partial charge in [-0.2, -0.15) is 5.10 Å². The molecule has 0 fully saturated rings. The molecule has 1 heterocycles. The predicted octanol–water partition coefficient (Wildman–Crippen LogP) is 3.17. The highest BCUT2D eigenvalue weighted by molar-refractivity contribution is 6.31. The van der Waals surface area contributed by atoms with E-state index in [-0.39, 0.29) is 11.9 Å². The summed E-state index contributed by atoms with van der Waals surface area (Å²) in [5.41, 5.74) is 2.96. The van der Waals surface area contributed by atoms with Crippen molar-refractivity contribution in [3.8, 4) is 0 Å². The van der Waals surface area contributed by atoms with Crippen molar-refractivity contribution in [2.45, 2.75) is 26.8 Å². The van der Waals surface area contributed by atoms with Crippen LogP contribution in [-0.2, 0) is 0 Å². The van der Waals surface area contributed by atoms with Gasteiger partial charge in [-0.3, -0.25) is 9.89 Å². The predicted molar refractivity (Wildman–Crippen MR) is 75.4 cm³/mol. The molecule has 1 unspecified atom stereocenters. The summed E-state index contributed by atoms with van der Waals surface area (Å²) in [6.45, 7) is 5.54. The molecular formula is C14H16ClN3O. The van der Waals surface area contributed by atoms with E-state index in [2.05, 4.69) is 15.5 Å². The molecule has 0 bridgehead atoms. The minimum atomic E-state index is -0.158. The zero-order chi connectivity index (χ0) is 14.0. The summed E-state index contributed by atoms with van der Waals surface area (Å²) in [6, 6.07) is 7.33. The van der Waals surface area contributed by atoms with Gasteiger partial charge in [0.25, 0.3) is 5.91 Å². The van der Waals surface area contributed by atoms with Crippen molar-refractivity contribution in [3.05, 3.63) is 51.8 Å². The quantitative estimate of drug-likeness (QED) is 0.905. The van der Waals surface area contributed by atoms with Crippen LogP contribution in [0.2, 0.25) is 5.02 Å². The van der Waals surface area contributed by atoms with Crippen LogP contribution >= 0.6 is 11.6 Å². The molecule has 0 aliphatic rings. The molecule has 0 aliphatic carbocycles. The van der Waals surface area contributed by atoms with E-state index in [1.807, 2.05) is 38.1 Å². The smallest absolute Gasteiger partial charge is 0.255 e.